The highest BCUT2D eigenvalue weighted by Gasteiger charge is 2.26. The van der Waals surface area contributed by atoms with Crippen LogP contribution in [0.2, 0.25) is 0 Å². The van der Waals surface area contributed by atoms with E-state index >= 15 is 0 Å². The molecule has 0 atom stereocenters. The Labute approximate surface area is 142 Å². The van der Waals surface area contributed by atoms with Crippen molar-refractivity contribution >= 4 is 0 Å². The van der Waals surface area contributed by atoms with Crippen LogP contribution < -0.4 is 11.2 Å². The monoisotopic (exact) mass is 339 g/mol. The zero-order chi connectivity index (χ0) is 17.6. The summed E-state index contributed by atoms with van der Waals surface area (Å²) in [7, 11) is 0. The topological polar surface area (TPSA) is 107 Å². The van der Waals surface area contributed by atoms with Crippen molar-refractivity contribution in [3.8, 4) is 23.0 Å². The van der Waals surface area contributed by atoms with E-state index in [4.69, 9.17) is 4.52 Å². The van der Waals surface area contributed by atoms with E-state index in [2.05, 4.69) is 34.0 Å². The van der Waals surface area contributed by atoms with E-state index < -0.39 is 11.2 Å². The first-order valence-electron chi connectivity index (χ1n) is 8.19. The van der Waals surface area contributed by atoms with Gasteiger partial charge in [-0.25, -0.2) is 4.79 Å². The van der Waals surface area contributed by atoms with E-state index in [1.165, 1.54) is 10.8 Å². The Morgan fingerprint density at radius 1 is 1.28 bits per heavy atom. The predicted octanol–water partition coefficient (Wildman–Crippen LogP) is 2.11. The molecule has 4 rings (SSSR count). The number of hydrogen-bond acceptors (Lipinski definition) is 6. The van der Waals surface area contributed by atoms with Gasteiger partial charge in [-0.2, -0.15) is 4.98 Å². The van der Waals surface area contributed by atoms with Crippen LogP contribution in [0.15, 0.2) is 38.6 Å². The summed E-state index contributed by atoms with van der Waals surface area (Å²) in [4.78, 5) is 34.9. The molecule has 1 fully saturated rings. The van der Waals surface area contributed by atoms with Gasteiger partial charge in [0.15, 0.2) is 0 Å². The highest BCUT2D eigenvalue weighted by atomic mass is 16.5. The summed E-state index contributed by atoms with van der Waals surface area (Å²) in [6.45, 7) is 4.17. The summed E-state index contributed by atoms with van der Waals surface area (Å²) in [5.41, 5.74) is 0.912. The third-order valence-electron chi connectivity index (χ3n) is 4.25. The lowest BCUT2D eigenvalue weighted by Crippen LogP contribution is -2.30. The molecule has 0 saturated heterocycles. The molecule has 25 heavy (non-hydrogen) atoms. The lowest BCUT2D eigenvalue weighted by molar-refractivity contribution is 0.430. The Morgan fingerprint density at radius 3 is 2.72 bits per heavy atom. The van der Waals surface area contributed by atoms with Gasteiger partial charge < -0.3 is 4.52 Å². The predicted molar refractivity (Wildman–Crippen MR) is 90.2 cm³/mol. The second kappa shape index (κ2) is 5.80. The van der Waals surface area contributed by atoms with Crippen LogP contribution in [0.5, 0.6) is 0 Å². The fourth-order valence-electron chi connectivity index (χ4n) is 2.58. The van der Waals surface area contributed by atoms with Crippen molar-refractivity contribution in [2.24, 2.45) is 0 Å². The highest BCUT2D eigenvalue weighted by Crippen LogP contribution is 2.33. The summed E-state index contributed by atoms with van der Waals surface area (Å²) >= 11 is 0. The molecule has 1 saturated carbocycles. The average Bonchev–Trinajstić information content (AvgIpc) is 3.31. The van der Waals surface area contributed by atoms with E-state index in [9.17, 15) is 9.59 Å². The van der Waals surface area contributed by atoms with Gasteiger partial charge in [0.25, 0.3) is 11.4 Å². The van der Waals surface area contributed by atoms with E-state index in [-0.39, 0.29) is 23.3 Å². The smallest absolute Gasteiger partial charge is 0.328 e. The van der Waals surface area contributed by atoms with Crippen LogP contribution in [0.25, 0.3) is 23.0 Å². The van der Waals surface area contributed by atoms with Gasteiger partial charge in [-0.3, -0.25) is 19.3 Å². The third-order valence-corrected chi connectivity index (χ3v) is 4.25. The number of H-pyrrole nitrogens is 1. The van der Waals surface area contributed by atoms with Gasteiger partial charge in [0, 0.05) is 18.4 Å². The van der Waals surface area contributed by atoms with Gasteiger partial charge in [0.1, 0.15) is 11.3 Å². The van der Waals surface area contributed by atoms with Gasteiger partial charge in [-0.15, -0.1) is 0 Å². The molecule has 0 bridgehead atoms. The molecule has 0 aliphatic heterocycles. The van der Waals surface area contributed by atoms with Crippen LogP contribution in [-0.2, 0) is 0 Å². The minimum Gasteiger partial charge on any atom is -0.332 e. The molecule has 0 aromatic carbocycles. The first-order chi connectivity index (χ1) is 12.0. The zero-order valence-electron chi connectivity index (χ0n) is 13.9. The summed E-state index contributed by atoms with van der Waals surface area (Å²) in [6, 6.07) is 3.90. The van der Waals surface area contributed by atoms with Gasteiger partial charge in [0.2, 0.25) is 5.82 Å². The van der Waals surface area contributed by atoms with Crippen LogP contribution in [-0.4, -0.2) is 24.7 Å². The van der Waals surface area contributed by atoms with Crippen molar-refractivity contribution in [2.75, 3.05) is 0 Å². The van der Waals surface area contributed by atoms with Gasteiger partial charge >= 0.3 is 5.69 Å². The molecule has 0 amide bonds. The number of nitrogens with zero attached hydrogens (tertiary/aromatic N) is 4. The number of rotatable bonds is 4. The second-order valence-corrected chi connectivity index (χ2v) is 6.50. The summed E-state index contributed by atoms with van der Waals surface area (Å²) < 4.78 is 6.76. The molecule has 1 aliphatic carbocycles. The van der Waals surface area contributed by atoms with Crippen LogP contribution in [0.4, 0.5) is 0 Å². The number of aromatic amines is 1. The Balaban J connectivity index is 1.71. The average molecular weight is 339 g/mol. The Kier molecular flexibility index (Phi) is 3.60. The van der Waals surface area contributed by atoms with Crippen LogP contribution in [0.3, 0.4) is 0 Å². The van der Waals surface area contributed by atoms with Crippen LogP contribution >= 0.6 is 0 Å². The van der Waals surface area contributed by atoms with Gasteiger partial charge in [-0.05, 0) is 30.4 Å². The Hall–Kier alpha value is -3.03. The normalized spacial score (nSPS) is 14.2. The first kappa shape index (κ1) is 15.5. The van der Waals surface area contributed by atoms with Gasteiger partial charge in [-0.1, -0.05) is 25.1 Å². The Morgan fingerprint density at radius 2 is 2.08 bits per heavy atom. The Bertz CT molecular complexity index is 1030. The molecule has 0 spiro atoms. The number of hydrogen-bond donors (Lipinski definition) is 1. The largest absolute Gasteiger partial charge is 0.332 e. The van der Waals surface area contributed by atoms with Crippen molar-refractivity contribution < 1.29 is 4.52 Å². The number of aromatic nitrogens is 5. The van der Waals surface area contributed by atoms with Crippen molar-refractivity contribution in [1.29, 1.82) is 0 Å². The maximum atomic E-state index is 12.1. The molecule has 3 aromatic rings. The van der Waals surface area contributed by atoms with Crippen molar-refractivity contribution in [2.45, 2.75) is 38.6 Å². The molecule has 1 aliphatic rings. The lowest BCUT2D eigenvalue weighted by atomic mass is 10.1. The first-order valence-corrected chi connectivity index (χ1v) is 8.19. The maximum Gasteiger partial charge on any atom is 0.328 e. The molecule has 0 radical (unpaired) electrons. The summed E-state index contributed by atoms with van der Waals surface area (Å²) in [6.07, 6.45) is 5.12. The highest BCUT2D eigenvalue weighted by molar-refractivity contribution is 5.56. The molecular weight excluding hydrogens is 322 g/mol. The van der Waals surface area contributed by atoms with Crippen molar-refractivity contribution in [1.82, 2.24) is 24.7 Å². The molecule has 1 N–H and O–H groups in total. The SMILES string of the molecule is CC(C)c1ccc(-c2nc(-c3cn(C4CC4)c(=O)[nH]c3=O)no2)nc1. The minimum atomic E-state index is -0.530. The van der Waals surface area contributed by atoms with E-state index in [1.807, 2.05) is 12.1 Å². The van der Waals surface area contributed by atoms with Gasteiger partial charge in [0.05, 0.1) is 0 Å². The van der Waals surface area contributed by atoms with E-state index in [0.29, 0.717) is 11.6 Å². The summed E-state index contributed by atoms with van der Waals surface area (Å²) in [5, 5.41) is 3.87. The van der Waals surface area contributed by atoms with E-state index in [1.54, 1.807) is 6.20 Å². The molecule has 8 heteroatoms. The van der Waals surface area contributed by atoms with Crippen LogP contribution in [0.1, 0.15) is 44.2 Å². The number of nitrogens with one attached hydrogen (secondary N) is 1. The van der Waals surface area contributed by atoms with Crippen LogP contribution in [0, 0.1) is 0 Å². The second-order valence-electron chi connectivity index (χ2n) is 6.50. The standard InChI is InChI=1S/C17H17N5O3/c1-9(2)10-3-6-13(18-7-10)16-19-14(21-25-16)12-8-22(11-4-5-11)17(24)20-15(12)23/h3,6-9,11H,4-5H2,1-2H3,(H,20,23,24). The fourth-order valence-corrected chi connectivity index (χ4v) is 2.58. The molecule has 0 unspecified atom stereocenters. The molecular formula is C17H17N5O3. The molecule has 3 aromatic heterocycles. The minimum absolute atomic E-state index is 0.139. The quantitative estimate of drug-likeness (QED) is 0.780. The molecule has 3 heterocycles. The van der Waals surface area contributed by atoms with E-state index in [0.717, 1.165) is 18.4 Å². The molecule has 128 valence electrons. The van der Waals surface area contributed by atoms with Crippen molar-refractivity contribution in [3.05, 3.63) is 50.9 Å². The number of pyridine rings is 1. The zero-order valence-corrected chi connectivity index (χ0v) is 13.9. The molecule has 8 nitrogen and oxygen atoms in total. The fraction of sp³-hybridized carbons (Fsp3) is 0.353. The maximum absolute atomic E-state index is 12.1. The lowest BCUT2D eigenvalue weighted by Gasteiger charge is -2.03. The van der Waals surface area contributed by atoms with Crippen molar-refractivity contribution in [3.63, 3.8) is 0 Å². The summed E-state index contributed by atoms with van der Waals surface area (Å²) in [5.74, 6) is 0.746. The third kappa shape index (κ3) is 2.90.